The molecule has 7 nitrogen and oxygen atoms in total. The highest BCUT2D eigenvalue weighted by molar-refractivity contribution is 5.91. The number of ether oxygens (including phenoxy) is 2. The number of carboxylic acids is 1. The average molecular weight is 330 g/mol. The molecular formula is C17H18N2O5. The standard InChI is InChI=1S/C17H18N2O5/c1-2-23-13-5-3-4-6-14(13)24-12-7-8-15(18-11-12)19-16(20)9-10-17(21)22/h3-8,11H,2,9-10H2,1H3,(H,21,22)(H,18,19,20). The van der Waals surface area contributed by atoms with E-state index in [9.17, 15) is 9.59 Å². The van der Waals surface area contributed by atoms with Crippen LogP contribution in [-0.4, -0.2) is 28.6 Å². The van der Waals surface area contributed by atoms with Crippen LogP contribution in [0.5, 0.6) is 17.2 Å². The van der Waals surface area contributed by atoms with E-state index < -0.39 is 11.9 Å². The van der Waals surface area contributed by atoms with Gasteiger partial charge in [-0.1, -0.05) is 12.1 Å². The lowest BCUT2D eigenvalue weighted by molar-refractivity contribution is -0.138. The topological polar surface area (TPSA) is 97.8 Å². The first-order valence-corrected chi connectivity index (χ1v) is 7.46. The van der Waals surface area contributed by atoms with Crippen LogP contribution in [0.3, 0.4) is 0 Å². The molecule has 0 saturated carbocycles. The van der Waals surface area contributed by atoms with Gasteiger partial charge >= 0.3 is 5.97 Å². The van der Waals surface area contributed by atoms with Crippen molar-refractivity contribution in [1.82, 2.24) is 4.98 Å². The number of nitrogens with zero attached hydrogens (tertiary/aromatic N) is 1. The van der Waals surface area contributed by atoms with Gasteiger partial charge in [-0.25, -0.2) is 4.98 Å². The van der Waals surface area contributed by atoms with Gasteiger partial charge in [0.05, 0.1) is 19.2 Å². The van der Waals surface area contributed by atoms with Crippen LogP contribution in [0.25, 0.3) is 0 Å². The molecule has 1 amide bonds. The van der Waals surface area contributed by atoms with Crippen LogP contribution in [0.1, 0.15) is 19.8 Å². The maximum atomic E-state index is 11.5. The fraction of sp³-hybridized carbons (Fsp3) is 0.235. The van der Waals surface area contributed by atoms with Crippen molar-refractivity contribution in [2.75, 3.05) is 11.9 Å². The fourth-order valence-corrected chi connectivity index (χ4v) is 1.88. The van der Waals surface area contributed by atoms with Crippen molar-refractivity contribution >= 4 is 17.7 Å². The van der Waals surface area contributed by atoms with E-state index in [-0.39, 0.29) is 12.8 Å². The number of benzene rings is 1. The number of aromatic nitrogens is 1. The zero-order chi connectivity index (χ0) is 17.4. The van der Waals surface area contributed by atoms with E-state index in [1.807, 2.05) is 25.1 Å². The van der Waals surface area contributed by atoms with Gasteiger partial charge in [-0.05, 0) is 31.2 Å². The molecule has 0 unspecified atom stereocenters. The molecule has 0 saturated heterocycles. The van der Waals surface area contributed by atoms with Gasteiger partial charge in [-0.3, -0.25) is 9.59 Å². The largest absolute Gasteiger partial charge is 0.490 e. The van der Waals surface area contributed by atoms with Crippen molar-refractivity contribution in [3.8, 4) is 17.2 Å². The second-order valence-electron chi connectivity index (χ2n) is 4.80. The number of amides is 1. The predicted octanol–water partition coefficient (Wildman–Crippen LogP) is 3.08. The summed E-state index contributed by atoms with van der Waals surface area (Å²) < 4.78 is 11.2. The molecule has 0 spiro atoms. The molecule has 1 heterocycles. The first kappa shape index (κ1) is 17.3. The quantitative estimate of drug-likeness (QED) is 0.772. The van der Waals surface area contributed by atoms with Gasteiger partial charge in [0.2, 0.25) is 5.91 Å². The average Bonchev–Trinajstić information content (AvgIpc) is 2.57. The van der Waals surface area contributed by atoms with Crippen LogP contribution in [0.4, 0.5) is 5.82 Å². The van der Waals surface area contributed by atoms with Crippen LogP contribution in [0.15, 0.2) is 42.6 Å². The Morgan fingerprint density at radius 3 is 2.50 bits per heavy atom. The Morgan fingerprint density at radius 2 is 1.88 bits per heavy atom. The number of anilines is 1. The van der Waals surface area contributed by atoms with Crippen LogP contribution in [0.2, 0.25) is 0 Å². The smallest absolute Gasteiger partial charge is 0.303 e. The number of carboxylic acid groups (broad SMARTS) is 1. The molecule has 0 atom stereocenters. The lowest BCUT2D eigenvalue weighted by atomic mass is 10.3. The molecular weight excluding hydrogens is 312 g/mol. The Morgan fingerprint density at radius 1 is 1.12 bits per heavy atom. The second kappa shape index (κ2) is 8.52. The molecule has 24 heavy (non-hydrogen) atoms. The van der Waals surface area contributed by atoms with Gasteiger partial charge < -0.3 is 19.9 Å². The molecule has 0 aliphatic rings. The van der Waals surface area contributed by atoms with Crippen LogP contribution in [0, 0.1) is 0 Å². The van der Waals surface area contributed by atoms with E-state index in [1.165, 1.54) is 6.20 Å². The number of nitrogens with one attached hydrogen (secondary N) is 1. The second-order valence-corrected chi connectivity index (χ2v) is 4.80. The SMILES string of the molecule is CCOc1ccccc1Oc1ccc(NC(=O)CCC(=O)O)nc1. The van der Waals surface area contributed by atoms with Gasteiger partial charge in [-0.2, -0.15) is 0 Å². The summed E-state index contributed by atoms with van der Waals surface area (Å²) in [7, 11) is 0. The van der Waals surface area contributed by atoms with E-state index in [1.54, 1.807) is 18.2 Å². The molecule has 2 N–H and O–H groups in total. The predicted molar refractivity (Wildman–Crippen MR) is 87.4 cm³/mol. The lowest BCUT2D eigenvalue weighted by Crippen LogP contribution is -2.13. The van der Waals surface area contributed by atoms with E-state index >= 15 is 0 Å². The summed E-state index contributed by atoms with van der Waals surface area (Å²) in [5.74, 6) is 0.599. The summed E-state index contributed by atoms with van der Waals surface area (Å²) in [5.41, 5.74) is 0. The minimum atomic E-state index is -1.02. The first-order chi connectivity index (χ1) is 11.6. The molecule has 1 aromatic carbocycles. The third-order valence-electron chi connectivity index (χ3n) is 2.95. The number of hydrogen-bond donors (Lipinski definition) is 2. The van der Waals surface area contributed by atoms with Crippen LogP contribution in [-0.2, 0) is 9.59 Å². The zero-order valence-electron chi connectivity index (χ0n) is 13.2. The summed E-state index contributed by atoms with van der Waals surface area (Å²) in [6.07, 6.45) is 1.15. The fourth-order valence-electron chi connectivity index (χ4n) is 1.88. The molecule has 7 heteroatoms. The Balaban J connectivity index is 1.97. The third kappa shape index (κ3) is 5.28. The Hall–Kier alpha value is -3.09. The normalized spacial score (nSPS) is 10.0. The monoisotopic (exact) mass is 330 g/mol. The van der Waals surface area contributed by atoms with Gasteiger partial charge in [0.15, 0.2) is 11.5 Å². The Bertz CT molecular complexity index is 700. The molecule has 1 aromatic heterocycles. The number of carbonyl (C=O) groups is 2. The number of carbonyl (C=O) groups excluding carboxylic acids is 1. The van der Waals surface area contributed by atoms with Crippen LogP contribution >= 0.6 is 0 Å². The van der Waals surface area contributed by atoms with Gasteiger partial charge in [0.1, 0.15) is 11.6 Å². The Kier molecular flexibility index (Phi) is 6.13. The molecule has 0 radical (unpaired) electrons. The highest BCUT2D eigenvalue weighted by Gasteiger charge is 2.08. The van der Waals surface area contributed by atoms with Gasteiger partial charge in [0.25, 0.3) is 0 Å². The first-order valence-electron chi connectivity index (χ1n) is 7.46. The highest BCUT2D eigenvalue weighted by Crippen LogP contribution is 2.31. The minimum absolute atomic E-state index is 0.100. The van der Waals surface area contributed by atoms with Crippen LogP contribution < -0.4 is 14.8 Å². The van der Waals surface area contributed by atoms with E-state index in [0.717, 1.165) is 0 Å². The number of para-hydroxylation sites is 2. The maximum absolute atomic E-state index is 11.5. The van der Waals surface area contributed by atoms with Crippen molar-refractivity contribution in [1.29, 1.82) is 0 Å². The lowest BCUT2D eigenvalue weighted by Gasteiger charge is -2.11. The Labute approximate surface area is 139 Å². The van der Waals surface area contributed by atoms with Crippen molar-refractivity contribution in [2.45, 2.75) is 19.8 Å². The zero-order valence-corrected chi connectivity index (χ0v) is 13.2. The molecule has 0 fully saturated rings. The minimum Gasteiger partial charge on any atom is -0.490 e. The number of rotatable bonds is 8. The molecule has 0 bridgehead atoms. The number of aliphatic carboxylic acids is 1. The highest BCUT2D eigenvalue weighted by atomic mass is 16.5. The molecule has 126 valence electrons. The summed E-state index contributed by atoms with van der Waals surface area (Å²) >= 11 is 0. The van der Waals surface area contributed by atoms with Crippen molar-refractivity contribution in [3.63, 3.8) is 0 Å². The van der Waals surface area contributed by atoms with Crippen molar-refractivity contribution < 1.29 is 24.2 Å². The molecule has 0 aliphatic heterocycles. The third-order valence-corrected chi connectivity index (χ3v) is 2.95. The van der Waals surface area contributed by atoms with E-state index in [0.29, 0.717) is 29.7 Å². The number of pyridine rings is 1. The van der Waals surface area contributed by atoms with E-state index in [2.05, 4.69) is 10.3 Å². The molecule has 0 aliphatic carbocycles. The van der Waals surface area contributed by atoms with Gasteiger partial charge in [0, 0.05) is 6.42 Å². The summed E-state index contributed by atoms with van der Waals surface area (Å²) in [6, 6.07) is 10.5. The summed E-state index contributed by atoms with van der Waals surface area (Å²) in [6.45, 7) is 2.42. The van der Waals surface area contributed by atoms with Gasteiger partial charge in [-0.15, -0.1) is 0 Å². The van der Waals surface area contributed by atoms with Crippen molar-refractivity contribution in [3.05, 3.63) is 42.6 Å². The summed E-state index contributed by atoms with van der Waals surface area (Å²) in [5, 5.41) is 11.1. The molecule has 2 rings (SSSR count). The van der Waals surface area contributed by atoms with E-state index in [4.69, 9.17) is 14.6 Å². The number of hydrogen-bond acceptors (Lipinski definition) is 5. The maximum Gasteiger partial charge on any atom is 0.303 e. The molecule has 2 aromatic rings. The van der Waals surface area contributed by atoms with Crippen molar-refractivity contribution in [2.24, 2.45) is 0 Å². The summed E-state index contributed by atoms with van der Waals surface area (Å²) in [4.78, 5) is 26.0.